The van der Waals surface area contributed by atoms with Gasteiger partial charge in [-0.05, 0) is 42.4 Å². The van der Waals surface area contributed by atoms with Gasteiger partial charge in [0.05, 0.1) is 0 Å². The maximum Gasteiger partial charge on any atom is -0.0320 e. The first-order chi connectivity index (χ1) is 7.52. The molecule has 0 aromatic heterocycles. The lowest BCUT2D eigenvalue weighted by molar-refractivity contribution is 0.0112. The Morgan fingerprint density at radius 1 is 1.12 bits per heavy atom. The molecule has 96 valence electrons. The Balaban J connectivity index is 2.27. The van der Waals surface area contributed by atoms with Gasteiger partial charge in [0.25, 0.3) is 0 Å². The molecule has 0 aromatic rings. The first-order valence-corrected chi connectivity index (χ1v) is 7.52. The van der Waals surface area contributed by atoms with Crippen molar-refractivity contribution in [2.45, 2.75) is 79.6 Å². The Bertz CT molecular complexity index is 188. The molecule has 0 heteroatoms. The first-order valence-electron chi connectivity index (χ1n) is 7.52. The summed E-state index contributed by atoms with van der Waals surface area (Å²) < 4.78 is 0. The van der Waals surface area contributed by atoms with Gasteiger partial charge in [-0.15, -0.1) is 0 Å². The maximum atomic E-state index is 2.50. The van der Waals surface area contributed by atoms with Gasteiger partial charge in [-0.1, -0.05) is 60.3 Å². The topological polar surface area (TPSA) is 0 Å². The summed E-state index contributed by atoms with van der Waals surface area (Å²) in [4.78, 5) is 0. The zero-order valence-electron chi connectivity index (χ0n) is 12.2. The molecule has 2 unspecified atom stereocenters. The molecule has 0 nitrogen and oxygen atoms in total. The zero-order valence-corrected chi connectivity index (χ0v) is 12.2. The van der Waals surface area contributed by atoms with E-state index >= 15 is 0 Å². The van der Waals surface area contributed by atoms with Crippen LogP contribution in [0, 0.1) is 23.2 Å². The highest BCUT2D eigenvalue weighted by Gasteiger charge is 2.42. The molecule has 16 heavy (non-hydrogen) atoms. The third-order valence-electron chi connectivity index (χ3n) is 5.02. The summed E-state index contributed by atoms with van der Waals surface area (Å²) in [6.45, 7) is 12.1. The van der Waals surface area contributed by atoms with E-state index in [-0.39, 0.29) is 0 Å². The highest BCUT2D eigenvalue weighted by atomic mass is 14.5. The molecule has 1 saturated carbocycles. The minimum atomic E-state index is 0.707. The molecule has 0 aromatic carbocycles. The number of unbranched alkanes of at least 4 members (excludes halogenated alkanes) is 1. The van der Waals surface area contributed by atoms with Gasteiger partial charge >= 0.3 is 0 Å². The van der Waals surface area contributed by atoms with Gasteiger partial charge in [0.1, 0.15) is 0 Å². The van der Waals surface area contributed by atoms with Gasteiger partial charge in [-0.3, -0.25) is 0 Å². The van der Waals surface area contributed by atoms with E-state index in [0.29, 0.717) is 5.41 Å². The van der Waals surface area contributed by atoms with Crippen LogP contribution in [-0.2, 0) is 0 Å². The van der Waals surface area contributed by atoms with Crippen molar-refractivity contribution in [2.24, 2.45) is 23.2 Å². The van der Waals surface area contributed by atoms with E-state index in [1.165, 1.54) is 44.9 Å². The minimum absolute atomic E-state index is 0.707. The smallest absolute Gasteiger partial charge is 0.0320 e. The van der Waals surface area contributed by atoms with Gasteiger partial charge in [-0.25, -0.2) is 0 Å². The van der Waals surface area contributed by atoms with E-state index in [0.717, 1.165) is 17.8 Å². The number of hydrogen-bond acceptors (Lipinski definition) is 0. The van der Waals surface area contributed by atoms with Crippen molar-refractivity contribution >= 4 is 0 Å². The third kappa shape index (κ3) is 3.50. The molecule has 0 N–H and O–H groups in total. The predicted octanol–water partition coefficient (Wildman–Crippen LogP) is 5.67. The van der Waals surface area contributed by atoms with Gasteiger partial charge in [0.2, 0.25) is 0 Å². The molecular weight excluding hydrogens is 192 g/mol. The minimum Gasteiger partial charge on any atom is -0.0654 e. The Hall–Kier alpha value is 0. The monoisotopic (exact) mass is 224 g/mol. The summed E-state index contributed by atoms with van der Waals surface area (Å²) >= 11 is 0. The predicted molar refractivity (Wildman–Crippen MR) is 73.6 cm³/mol. The molecule has 0 spiro atoms. The fourth-order valence-corrected chi connectivity index (χ4v) is 3.64. The second kappa shape index (κ2) is 6.07. The summed E-state index contributed by atoms with van der Waals surface area (Å²) in [6.07, 6.45) is 10.0. The molecule has 1 aliphatic carbocycles. The molecule has 0 amide bonds. The van der Waals surface area contributed by atoms with Crippen LogP contribution < -0.4 is 0 Å². The molecule has 1 rings (SSSR count). The van der Waals surface area contributed by atoms with Crippen LogP contribution in [0.2, 0.25) is 0 Å². The lowest BCUT2D eigenvalue weighted by atomic mass is 9.56. The maximum absolute atomic E-state index is 2.50. The normalized spacial score (nSPS) is 33.2. The van der Waals surface area contributed by atoms with Crippen molar-refractivity contribution in [1.82, 2.24) is 0 Å². The molecule has 0 radical (unpaired) electrons. The third-order valence-corrected chi connectivity index (χ3v) is 5.02. The van der Waals surface area contributed by atoms with Gasteiger partial charge in [-0.2, -0.15) is 0 Å². The summed E-state index contributed by atoms with van der Waals surface area (Å²) in [5, 5.41) is 0. The average molecular weight is 224 g/mol. The molecule has 1 fully saturated rings. The zero-order chi connectivity index (χ0) is 12.2. The van der Waals surface area contributed by atoms with Gasteiger partial charge in [0, 0.05) is 0 Å². The lowest BCUT2D eigenvalue weighted by Gasteiger charge is -2.49. The molecule has 0 saturated heterocycles. The van der Waals surface area contributed by atoms with Crippen molar-refractivity contribution in [3.63, 3.8) is 0 Å². The fraction of sp³-hybridized carbons (Fsp3) is 1.00. The van der Waals surface area contributed by atoms with Gasteiger partial charge < -0.3 is 0 Å². The van der Waals surface area contributed by atoms with Crippen LogP contribution in [0.1, 0.15) is 79.6 Å². The highest BCUT2D eigenvalue weighted by molar-refractivity contribution is 4.92. The van der Waals surface area contributed by atoms with Crippen LogP contribution in [0.3, 0.4) is 0 Å². The SMILES string of the molecule is CCCCC(C)C(C)C1CC(C)(CCC)C1. The second-order valence-corrected chi connectivity index (χ2v) is 6.71. The molecule has 1 aliphatic rings. The van der Waals surface area contributed by atoms with Crippen LogP contribution >= 0.6 is 0 Å². The van der Waals surface area contributed by atoms with E-state index < -0.39 is 0 Å². The molecule has 2 atom stereocenters. The van der Waals surface area contributed by atoms with Gasteiger partial charge in [0.15, 0.2) is 0 Å². The van der Waals surface area contributed by atoms with Crippen molar-refractivity contribution in [2.75, 3.05) is 0 Å². The van der Waals surface area contributed by atoms with E-state index in [1.54, 1.807) is 0 Å². The van der Waals surface area contributed by atoms with Crippen molar-refractivity contribution in [3.8, 4) is 0 Å². The molecule has 0 bridgehead atoms. The molecule has 0 aliphatic heterocycles. The highest BCUT2D eigenvalue weighted by Crippen LogP contribution is 2.53. The Morgan fingerprint density at radius 2 is 1.75 bits per heavy atom. The lowest BCUT2D eigenvalue weighted by Crippen LogP contribution is -2.39. The number of hydrogen-bond donors (Lipinski definition) is 0. The summed E-state index contributed by atoms with van der Waals surface area (Å²) in [5.74, 6) is 2.93. The van der Waals surface area contributed by atoms with E-state index in [4.69, 9.17) is 0 Å². The summed E-state index contributed by atoms with van der Waals surface area (Å²) in [5.41, 5.74) is 0.707. The fourth-order valence-electron chi connectivity index (χ4n) is 3.64. The van der Waals surface area contributed by atoms with Crippen LogP contribution in [0.15, 0.2) is 0 Å². The van der Waals surface area contributed by atoms with Crippen molar-refractivity contribution in [1.29, 1.82) is 0 Å². The average Bonchev–Trinajstić information content (AvgIpc) is 2.21. The van der Waals surface area contributed by atoms with Crippen LogP contribution in [0.5, 0.6) is 0 Å². The summed E-state index contributed by atoms with van der Waals surface area (Å²) in [7, 11) is 0. The Morgan fingerprint density at radius 3 is 2.25 bits per heavy atom. The van der Waals surface area contributed by atoms with Crippen molar-refractivity contribution in [3.05, 3.63) is 0 Å². The van der Waals surface area contributed by atoms with Crippen LogP contribution in [0.4, 0.5) is 0 Å². The molecular formula is C16H32. The van der Waals surface area contributed by atoms with E-state index in [1.807, 2.05) is 0 Å². The molecule has 0 heterocycles. The standard InChI is InChI=1S/C16H32/c1-6-8-9-13(3)14(4)15-11-16(5,12-15)10-7-2/h13-15H,6-12H2,1-5H3. The van der Waals surface area contributed by atoms with Crippen LogP contribution in [0.25, 0.3) is 0 Å². The summed E-state index contributed by atoms with van der Waals surface area (Å²) in [6, 6.07) is 0. The first kappa shape index (κ1) is 14.1. The van der Waals surface area contributed by atoms with E-state index in [2.05, 4.69) is 34.6 Å². The quantitative estimate of drug-likeness (QED) is 0.523. The number of rotatable bonds is 7. The van der Waals surface area contributed by atoms with Crippen LogP contribution in [-0.4, -0.2) is 0 Å². The Kier molecular flexibility index (Phi) is 5.34. The second-order valence-electron chi connectivity index (χ2n) is 6.71. The largest absolute Gasteiger partial charge is 0.0654 e. The van der Waals surface area contributed by atoms with Crippen molar-refractivity contribution < 1.29 is 0 Å². The Labute approximate surface area is 103 Å². The van der Waals surface area contributed by atoms with E-state index in [9.17, 15) is 0 Å².